The molecule has 25 heavy (non-hydrogen) atoms. The van der Waals surface area contributed by atoms with E-state index < -0.39 is 0 Å². The van der Waals surface area contributed by atoms with Gasteiger partial charge in [0.15, 0.2) is 0 Å². The second kappa shape index (κ2) is 4.58. The van der Waals surface area contributed by atoms with E-state index in [1.165, 1.54) is 27.2 Å². The molecule has 124 valence electrons. The van der Waals surface area contributed by atoms with Crippen molar-refractivity contribution in [3.63, 3.8) is 0 Å². The van der Waals surface area contributed by atoms with Crippen LogP contribution in [-0.2, 0) is 20.7 Å². The van der Waals surface area contributed by atoms with Gasteiger partial charge in [-0.05, 0) is 53.6 Å². The molecule has 4 heteroatoms. The Hall–Kier alpha value is -2.46. The maximum Gasteiger partial charge on any atom is 0.240 e. The first-order valence-electron chi connectivity index (χ1n) is 8.97. The first-order chi connectivity index (χ1) is 12.2. The summed E-state index contributed by atoms with van der Waals surface area (Å²) in [7, 11) is 0. The van der Waals surface area contributed by atoms with Crippen LogP contribution < -0.4 is 4.90 Å². The predicted octanol–water partition coefficient (Wildman–Crippen LogP) is 2.92. The van der Waals surface area contributed by atoms with E-state index in [2.05, 4.69) is 24.3 Å². The van der Waals surface area contributed by atoms with Gasteiger partial charge in [-0.25, -0.2) is 4.90 Å². The molecular formula is C21H17NO3. The predicted molar refractivity (Wildman–Crippen MR) is 92.1 cm³/mol. The highest BCUT2D eigenvalue weighted by molar-refractivity contribution is 6.23. The lowest BCUT2D eigenvalue weighted by Crippen LogP contribution is -2.34. The molecule has 2 bridgehead atoms. The summed E-state index contributed by atoms with van der Waals surface area (Å²) < 4.78 is 5.81. The lowest BCUT2D eigenvalue weighted by Gasteiger charge is -2.18. The summed E-state index contributed by atoms with van der Waals surface area (Å²) in [6, 6.07) is 14.4. The molecular weight excluding hydrogens is 314 g/mol. The number of hydrogen-bond acceptors (Lipinski definition) is 3. The van der Waals surface area contributed by atoms with Crippen molar-refractivity contribution in [2.45, 2.75) is 31.5 Å². The third-order valence-electron chi connectivity index (χ3n) is 6.32. The number of rotatable bonds is 1. The minimum atomic E-state index is -0.267. The van der Waals surface area contributed by atoms with E-state index in [0.717, 1.165) is 24.9 Å². The van der Waals surface area contributed by atoms with Gasteiger partial charge in [-0.1, -0.05) is 30.3 Å². The summed E-state index contributed by atoms with van der Waals surface area (Å²) >= 11 is 0. The maximum absolute atomic E-state index is 12.9. The highest BCUT2D eigenvalue weighted by Crippen LogP contribution is 2.50. The summed E-state index contributed by atoms with van der Waals surface area (Å²) in [5.74, 6) is -0.677. The Balaban J connectivity index is 1.41. The molecule has 0 aromatic heterocycles. The van der Waals surface area contributed by atoms with Crippen molar-refractivity contribution >= 4 is 17.5 Å². The molecule has 2 aromatic carbocycles. The average Bonchev–Trinajstić information content (AvgIpc) is 3.36. The molecule has 4 nitrogen and oxygen atoms in total. The minimum absolute atomic E-state index is 0.0601. The molecule has 2 amide bonds. The van der Waals surface area contributed by atoms with E-state index in [4.69, 9.17) is 4.74 Å². The number of ether oxygens (including phenoxy) is 1. The number of benzene rings is 2. The summed E-state index contributed by atoms with van der Waals surface area (Å²) in [4.78, 5) is 27.3. The summed E-state index contributed by atoms with van der Waals surface area (Å²) in [5, 5.41) is 0. The lowest BCUT2D eigenvalue weighted by molar-refractivity contribution is -0.124. The zero-order valence-electron chi connectivity index (χ0n) is 13.6. The minimum Gasteiger partial charge on any atom is -0.373 e. The smallest absolute Gasteiger partial charge is 0.240 e. The van der Waals surface area contributed by atoms with Gasteiger partial charge in [0.25, 0.3) is 0 Å². The molecule has 0 spiro atoms. The maximum atomic E-state index is 12.9. The van der Waals surface area contributed by atoms with Crippen LogP contribution in [-0.4, -0.2) is 24.0 Å². The molecule has 0 N–H and O–H groups in total. The quantitative estimate of drug-likeness (QED) is 0.644. The SMILES string of the molecule is O=C1[C@@H]2[C@@H](C(=O)N1c1ccc3c(c1)Cc1ccccc1-3)[C@@H]1CC[C@@H]2O1. The van der Waals surface area contributed by atoms with E-state index in [-0.39, 0.29) is 35.9 Å². The van der Waals surface area contributed by atoms with Gasteiger partial charge in [0.2, 0.25) is 11.8 Å². The number of anilines is 1. The largest absolute Gasteiger partial charge is 0.373 e. The van der Waals surface area contributed by atoms with Crippen LogP contribution in [0.5, 0.6) is 0 Å². The third-order valence-corrected chi connectivity index (χ3v) is 6.32. The average molecular weight is 331 g/mol. The molecule has 3 fully saturated rings. The van der Waals surface area contributed by atoms with Gasteiger partial charge in [-0.15, -0.1) is 0 Å². The van der Waals surface area contributed by atoms with Crippen LogP contribution in [0.15, 0.2) is 42.5 Å². The van der Waals surface area contributed by atoms with Gasteiger partial charge in [-0.2, -0.15) is 0 Å². The van der Waals surface area contributed by atoms with Crippen LogP contribution in [0.2, 0.25) is 0 Å². The zero-order valence-corrected chi connectivity index (χ0v) is 13.6. The number of imide groups is 1. The molecule has 4 atom stereocenters. The van der Waals surface area contributed by atoms with Crippen LogP contribution in [0.4, 0.5) is 5.69 Å². The van der Waals surface area contributed by atoms with Gasteiger partial charge in [0.1, 0.15) is 0 Å². The van der Waals surface area contributed by atoms with E-state index >= 15 is 0 Å². The molecule has 3 aliphatic heterocycles. The number of carbonyl (C=O) groups excluding carboxylic acids is 2. The molecule has 2 aromatic rings. The summed E-state index contributed by atoms with van der Waals surface area (Å²) in [6.07, 6.45) is 2.54. The van der Waals surface area contributed by atoms with Crippen molar-refractivity contribution in [1.82, 2.24) is 0 Å². The van der Waals surface area contributed by atoms with E-state index in [1.807, 2.05) is 18.2 Å². The van der Waals surface area contributed by atoms with Gasteiger partial charge in [-0.3, -0.25) is 9.59 Å². The fraction of sp³-hybridized carbons (Fsp3) is 0.333. The molecule has 3 heterocycles. The number of fused-ring (bicyclic) bond motifs is 8. The Morgan fingerprint density at radius 3 is 2.28 bits per heavy atom. The van der Waals surface area contributed by atoms with Crippen molar-refractivity contribution in [3.8, 4) is 11.1 Å². The third kappa shape index (κ3) is 1.65. The van der Waals surface area contributed by atoms with Gasteiger partial charge < -0.3 is 4.74 Å². The van der Waals surface area contributed by atoms with E-state index in [1.54, 1.807) is 0 Å². The van der Waals surface area contributed by atoms with Gasteiger partial charge in [0.05, 0.1) is 29.7 Å². The first-order valence-corrected chi connectivity index (χ1v) is 8.97. The molecule has 0 saturated carbocycles. The monoisotopic (exact) mass is 331 g/mol. The molecule has 1 aliphatic carbocycles. The van der Waals surface area contributed by atoms with Gasteiger partial charge >= 0.3 is 0 Å². The molecule has 0 unspecified atom stereocenters. The standard InChI is InChI=1S/C21H17NO3/c23-20-18-16-7-8-17(25-16)19(18)21(24)22(20)13-5-6-15-12(10-13)9-11-3-1-2-4-14(11)15/h1-6,10,16-19H,7-9H2/t16-,17-,18-,19-/m0/s1. The highest BCUT2D eigenvalue weighted by atomic mass is 16.5. The molecule has 3 saturated heterocycles. The lowest BCUT2D eigenvalue weighted by atomic mass is 9.81. The van der Waals surface area contributed by atoms with Gasteiger partial charge in [0, 0.05) is 0 Å². The number of amides is 2. The van der Waals surface area contributed by atoms with Crippen LogP contribution >= 0.6 is 0 Å². The molecule has 0 radical (unpaired) electrons. The topological polar surface area (TPSA) is 46.6 Å². The fourth-order valence-corrected chi connectivity index (χ4v) is 5.24. The normalized spacial score (nSPS) is 31.4. The Bertz CT molecular complexity index is 922. The summed E-state index contributed by atoms with van der Waals surface area (Å²) in [5.41, 5.74) is 5.68. The van der Waals surface area contributed by atoms with Crippen LogP contribution in [0.1, 0.15) is 24.0 Å². The van der Waals surface area contributed by atoms with Crippen LogP contribution in [0, 0.1) is 11.8 Å². The number of carbonyl (C=O) groups is 2. The second-order valence-electron chi connectivity index (χ2n) is 7.53. The van der Waals surface area contributed by atoms with E-state index in [0.29, 0.717) is 0 Å². The second-order valence-corrected chi connectivity index (χ2v) is 7.53. The van der Waals surface area contributed by atoms with E-state index in [9.17, 15) is 9.59 Å². The van der Waals surface area contributed by atoms with Crippen molar-refractivity contribution in [3.05, 3.63) is 53.6 Å². The Morgan fingerprint density at radius 1 is 0.840 bits per heavy atom. The van der Waals surface area contributed by atoms with Crippen LogP contribution in [0.3, 0.4) is 0 Å². The van der Waals surface area contributed by atoms with Crippen molar-refractivity contribution in [2.75, 3.05) is 4.90 Å². The molecule has 6 rings (SSSR count). The Kier molecular flexibility index (Phi) is 2.53. The first kappa shape index (κ1) is 13.8. The number of hydrogen-bond donors (Lipinski definition) is 0. The zero-order chi connectivity index (χ0) is 16.7. The summed E-state index contributed by atoms with van der Waals surface area (Å²) in [6.45, 7) is 0. The highest BCUT2D eigenvalue weighted by Gasteiger charge is 2.62. The Labute approximate surface area is 145 Å². The molecule has 4 aliphatic rings. The fourth-order valence-electron chi connectivity index (χ4n) is 5.24. The van der Waals surface area contributed by atoms with Crippen molar-refractivity contribution < 1.29 is 14.3 Å². The van der Waals surface area contributed by atoms with Crippen molar-refractivity contribution in [1.29, 1.82) is 0 Å². The Morgan fingerprint density at radius 2 is 1.52 bits per heavy atom. The van der Waals surface area contributed by atoms with Crippen LogP contribution in [0.25, 0.3) is 11.1 Å². The number of nitrogens with zero attached hydrogens (tertiary/aromatic N) is 1. The van der Waals surface area contributed by atoms with Crippen molar-refractivity contribution in [2.24, 2.45) is 11.8 Å².